The van der Waals surface area contributed by atoms with Crippen molar-refractivity contribution in [1.29, 1.82) is 0 Å². The first-order valence-corrected chi connectivity index (χ1v) is 8.19. The van der Waals surface area contributed by atoms with Crippen LogP contribution in [0.15, 0.2) is 11.6 Å². The van der Waals surface area contributed by atoms with Gasteiger partial charge in [0.05, 0.1) is 6.61 Å². The zero-order valence-corrected chi connectivity index (χ0v) is 15.2. The SMILES string of the molecule is CCOC(=O)CN1C/C(C)=C\C[C@H](NC(=O)OC(C)(C)C)CC1=O. The number of ether oxygens (including phenoxy) is 2. The average molecular weight is 340 g/mol. The Balaban J connectivity index is 2.73. The lowest BCUT2D eigenvalue weighted by Crippen LogP contribution is -2.45. The smallest absolute Gasteiger partial charge is 0.407 e. The lowest BCUT2D eigenvalue weighted by atomic mass is 10.0. The normalized spacial score (nSPS) is 21.2. The lowest BCUT2D eigenvalue weighted by molar-refractivity contribution is -0.148. The van der Waals surface area contributed by atoms with Gasteiger partial charge >= 0.3 is 12.1 Å². The molecule has 0 aromatic heterocycles. The minimum Gasteiger partial charge on any atom is -0.465 e. The number of esters is 1. The Morgan fingerprint density at radius 2 is 2.04 bits per heavy atom. The quantitative estimate of drug-likeness (QED) is 0.625. The molecular formula is C17H28N2O5. The molecule has 7 nitrogen and oxygen atoms in total. The van der Waals surface area contributed by atoms with Gasteiger partial charge in [0.15, 0.2) is 0 Å². The summed E-state index contributed by atoms with van der Waals surface area (Å²) in [5, 5.41) is 2.72. The number of carbonyl (C=O) groups excluding carboxylic acids is 3. The molecule has 136 valence electrons. The van der Waals surface area contributed by atoms with Crippen LogP contribution in [0.5, 0.6) is 0 Å². The van der Waals surface area contributed by atoms with E-state index in [2.05, 4.69) is 5.32 Å². The van der Waals surface area contributed by atoms with E-state index in [4.69, 9.17) is 9.47 Å². The molecule has 0 bridgehead atoms. The minimum atomic E-state index is -0.600. The summed E-state index contributed by atoms with van der Waals surface area (Å²) >= 11 is 0. The van der Waals surface area contributed by atoms with Crippen LogP contribution in [0.4, 0.5) is 4.79 Å². The number of amides is 2. The number of hydrogen-bond donors (Lipinski definition) is 1. The highest BCUT2D eigenvalue weighted by atomic mass is 16.6. The third-order valence-electron chi connectivity index (χ3n) is 3.31. The maximum atomic E-state index is 12.4. The van der Waals surface area contributed by atoms with E-state index < -0.39 is 17.7 Å². The molecule has 0 saturated carbocycles. The summed E-state index contributed by atoms with van der Waals surface area (Å²) in [6.07, 6.45) is 2.07. The summed E-state index contributed by atoms with van der Waals surface area (Å²) in [7, 11) is 0. The van der Waals surface area contributed by atoms with Gasteiger partial charge in [-0.2, -0.15) is 0 Å². The zero-order chi connectivity index (χ0) is 18.3. The van der Waals surface area contributed by atoms with Crippen molar-refractivity contribution in [2.45, 2.75) is 59.1 Å². The highest BCUT2D eigenvalue weighted by Gasteiger charge is 2.26. The van der Waals surface area contributed by atoms with Gasteiger partial charge in [-0.05, 0) is 41.0 Å². The second-order valence-electron chi connectivity index (χ2n) is 6.89. The van der Waals surface area contributed by atoms with Crippen molar-refractivity contribution in [1.82, 2.24) is 10.2 Å². The van der Waals surface area contributed by atoms with E-state index >= 15 is 0 Å². The number of nitrogens with zero attached hydrogens (tertiary/aromatic N) is 1. The third-order valence-corrected chi connectivity index (χ3v) is 3.31. The van der Waals surface area contributed by atoms with Crippen LogP contribution in [-0.2, 0) is 19.1 Å². The van der Waals surface area contributed by atoms with Gasteiger partial charge in [0, 0.05) is 19.0 Å². The first kappa shape index (κ1) is 20.0. The molecule has 1 N–H and O–H groups in total. The van der Waals surface area contributed by atoms with Crippen LogP contribution < -0.4 is 5.32 Å². The Kier molecular flexibility index (Phi) is 7.25. The lowest BCUT2D eigenvalue weighted by Gasteiger charge is -2.28. The van der Waals surface area contributed by atoms with Crippen molar-refractivity contribution in [3.63, 3.8) is 0 Å². The number of hydrogen-bond acceptors (Lipinski definition) is 5. The predicted octanol–water partition coefficient (Wildman–Crippen LogP) is 2.01. The molecule has 2 amide bonds. The second-order valence-corrected chi connectivity index (χ2v) is 6.89. The largest absolute Gasteiger partial charge is 0.465 e. The summed E-state index contributed by atoms with van der Waals surface area (Å²) in [5.41, 5.74) is 0.362. The van der Waals surface area contributed by atoms with Gasteiger partial charge in [-0.3, -0.25) is 9.59 Å². The Morgan fingerprint density at radius 3 is 2.62 bits per heavy atom. The fraction of sp³-hybridized carbons (Fsp3) is 0.706. The molecule has 1 rings (SSSR count). The topological polar surface area (TPSA) is 84.9 Å². The molecule has 0 fully saturated rings. The molecule has 0 spiro atoms. The van der Waals surface area contributed by atoms with E-state index in [1.165, 1.54) is 4.90 Å². The molecule has 0 radical (unpaired) electrons. The van der Waals surface area contributed by atoms with Gasteiger partial charge in [-0.1, -0.05) is 11.6 Å². The number of alkyl carbamates (subject to hydrolysis) is 1. The van der Waals surface area contributed by atoms with E-state index in [1.807, 2.05) is 13.0 Å². The molecule has 0 aromatic carbocycles. The summed E-state index contributed by atoms with van der Waals surface area (Å²) in [6, 6.07) is -0.368. The van der Waals surface area contributed by atoms with Gasteiger partial charge in [-0.15, -0.1) is 0 Å². The van der Waals surface area contributed by atoms with Gasteiger partial charge in [0.25, 0.3) is 0 Å². The molecule has 1 heterocycles. The van der Waals surface area contributed by atoms with Crippen LogP contribution >= 0.6 is 0 Å². The summed E-state index contributed by atoms with van der Waals surface area (Å²) < 4.78 is 10.1. The molecule has 0 saturated heterocycles. The number of rotatable bonds is 4. The van der Waals surface area contributed by atoms with Crippen LogP contribution in [0.1, 0.15) is 47.5 Å². The van der Waals surface area contributed by atoms with E-state index in [1.54, 1.807) is 27.7 Å². The van der Waals surface area contributed by atoms with E-state index in [0.29, 0.717) is 13.0 Å². The van der Waals surface area contributed by atoms with Crippen LogP contribution in [0.3, 0.4) is 0 Å². The molecule has 0 unspecified atom stereocenters. The molecule has 1 aliphatic rings. The monoisotopic (exact) mass is 340 g/mol. The van der Waals surface area contributed by atoms with Crippen molar-refractivity contribution < 1.29 is 23.9 Å². The van der Waals surface area contributed by atoms with Crippen molar-refractivity contribution in [2.75, 3.05) is 19.7 Å². The fourth-order valence-corrected chi connectivity index (χ4v) is 2.31. The van der Waals surface area contributed by atoms with E-state index in [-0.39, 0.29) is 31.5 Å². The second kappa shape index (κ2) is 8.70. The predicted molar refractivity (Wildman–Crippen MR) is 89.4 cm³/mol. The Labute approximate surface area is 143 Å². The van der Waals surface area contributed by atoms with Crippen molar-refractivity contribution >= 4 is 18.0 Å². The van der Waals surface area contributed by atoms with Gasteiger partial charge in [-0.25, -0.2) is 4.79 Å². The van der Waals surface area contributed by atoms with Gasteiger partial charge in [0.2, 0.25) is 5.91 Å². The summed E-state index contributed by atoms with van der Waals surface area (Å²) in [4.78, 5) is 37.4. The molecular weight excluding hydrogens is 312 g/mol. The molecule has 1 aliphatic heterocycles. The molecule has 7 heteroatoms. The minimum absolute atomic E-state index is 0.0863. The number of nitrogens with one attached hydrogen (secondary N) is 1. The van der Waals surface area contributed by atoms with Crippen LogP contribution in [0, 0.1) is 0 Å². The summed E-state index contributed by atoms with van der Waals surface area (Å²) in [6.45, 7) is 9.52. The Bertz CT molecular complexity index is 508. The molecule has 1 atom stereocenters. The molecule has 0 aliphatic carbocycles. The van der Waals surface area contributed by atoms with E-state index in [9.17, 15) is 14.4 Å². The van der Waals surface area contributed by atoms with Crippen LogP contribution in [0.2, 0.25) is 0 Å². The highest BCUT2D eigenvalue weighted by Crippen LogP contribution is 2.14. The highest BCUT2D eigenvalue weighted by molar-refractivity contribution is 5.83. The van der Waals surface area contributed by atoms with E-state index in [0.717, 1.165) is 5.57 Å². The molecule has 0 aromatic rings. The van der Waals surface area contributed by atoms with Crippen LogP contribution in [0.25, 0.3) is 0 Å². The van der Waals surface area contributed by atoms with Gasteiger partial charge in [0.1, 0.15) is 12.1 Å². The summed E-state index contributed by atoms with van der Waals surface area (Å²) in [5.74, 6) is -0.632. The number of carbonyl (C=O) groups is 3. The van der Waals surface area contributed by atoms with Gasteiger partial charge < -0.3 is 19.7 Å². The van der Waals surface area contributed by atoms with Crippen molar-refractivity contribution in [2.24, 2.45) is 0 Å². The van der Waals surface area contributed by atoms with Crippen LogP contribution in [-0.4, -0.2) is 54.2 Å². The zero-order valence-electron chi connectivity index (χ0n) is 15.2. The molecule has 24 heavy (non-hydrogen) atoms. The maximum Gasteiger partial charge on any atom is 0.407 e. The first-order valence-electron chi connectivity index (χ1n) is 8.19. The Hall–Kier alpha value is -2.05. The average Bonchev–Trinajstić information content (AvgIpc) is 2.41. The maximum absolute atomic E-state index is 12.4. The van der Waals surface area contributed by atoms with Crippen molar-refractivity contribution in [3.8, 4) is 0 Å². The third kappa shape index (κ3) is 7.48. The standard InChI is InChI=1S/C17H28N2O5/c1-6-23-15(21)11-19-10-12(2)7-8-13(9-14(19)20)18-16(22)24-17(3,4)5/h7,13H,6,8-11H2,1-5H3,(H,18,22)/b12-7-/t13-/m0/s1. The van der Waals surface area contributed by atoms with Crippen molar-refractivity contribution in [3.05, 3.63) is 11.6 Å². The fourth-order valence-electron chi connectivity index (χ4n) is 2.31. The Morgan fingerprint density at radius 1 is 1.38 bits per heavy atom. The first-order chi connectivity index (χ1) is 11.1.